The molecule has 106 valence electrons. The van der Waals surface area contributed by atoms with E-state index in [1.54, 1.807) is 0 Å². The smallest absolute Gasteiger partial charge is 0.407 e. The second-order valence-corrected chi connectivity index (χ2v) is 8.10. The van der Waals surface area contributed by atoms with Crippen LogP contribution >= 0.6 is 27.3 Å². The van der Waals surface area contributed by atoms with E-state index < -0.39 is 11.7 Å². The van der Waals surface area contributed by atoms with Gasteiger partial charge in [-0.25, -0.2) is 9.18 Å². The molecule has 1 atom stereocenters. The molecule has 0 spiro atoms. The minimum Gasteiger partial charge on any atom is -0.444 e. The van der Waals surface area contributed by atoms with Gasteiger partial charge in [-0.1, -0.05) is 0 Å². The molecule has 0 aromatic carbocycles. The van der Waals surface area contributed by atoms with Gasteiger partial charge >= 0.3 is 6.09 Å². The van der Waals surface area contributed by atoms with Crippen LogP contribution in [0.5, 0.6) is 0 Å². The van der Waals surface area contributed by atoms with Crippen LogP contribution in [0, 0.1) is 5.82 Å². The summed E-state index contributed by atoms with van der Waals surface area (Å²) >= 11 is 4.66. The number of carbonyl (C=O) groups is 1. The summed E-state index contributed by atoms with van der Waals surface area (Å²) in [6.07, 6.45) is 1.71. The van der Waals surface area contributed by atoms with Crippen molar-refractivity contribution in [1.29, 1.82) is 0 Å². The first-order valence-corrected chi connectivity index (χ1v) is 7.82. The third kappa shape index (κ3) is 3.69. The molecule has 1 unspecified atom stereocenters. The Bertz CT molecular complexity index is 496. The van der Waals surface area contributed by atoms with Crippen LogP contribution in [-0.4, -0.2) is 17.7 Å². The number of hydrogen-bond donors (Lipinski definition) is 1. The van der Waals surface area contributed by atoms with Crippen molar-refractivity contribution >= 4 is 33.4 Å². The molecule has 6 heteroatoms. The van der Waals surface area contributed by atoms with Crippen molar-refractivity contribution < 1.29 is 13.9 Å². The minimum atomic E-state index is -0.513. The molecule has 0 saturated carbocycles. The first-order valence-electron chi connectivity index (χ1n) is 6.21. The molecule has 1 aliphatic rings. The quantitative estimate of drug-likeness (QED) is 0.830. The van der Waals surface area contributed by atoms with Gasteiger partial charge in [0.25, 0.3) is 0 Å². The lowest BCUT2D eigenvalue weighted by atomic mass is 9.94. The predicted octanol–water partition coefficient (Wildman–Crippen LogP) is 4.03. The number of thiophene rings is 1. The average Bonchev–Trinajstić information content (AvgIpc) is 2.53. The summed E-state index contributed by atoms with van der Waals surface area (Å²) in [6, 6.07) is -0.0571. The fourth-order valence-corrected chi connectivity index (χ4v) is 3.88. The summed E-state index contributed by atoms with van der Waals surface area (Å²) in [5.74, 6) is -0.185. The Labute approximate surface area is 124 Å². The van der Waals surface area contributed by atoms with E-state index in [0.717, 1.165) is 23.3 Å². The Morgan fingerprint density at radius 1 is 1.53 bits per heavy atom. The van der Waals surface area contributed by atoms with Gasteiger partial charge in [0.05, 0.1) is 0 Å². The van der Waals surface area contributed by atoms with Crippen LogP contribution in [-0.2, 0) is 17.6 Å². The van der Waals surface area contributed by atoms with Crippen molar-refractivity contribution in [1.82, 2.24) is 5.32 Å². The molecule has 1 heterocycles. The average molecular weight is 350 g/mol. The lowest BCUT2D eigenvalue weighted by Gasteiger charge is -2.26. The van der Waals surface area contributed by atoms with Gasteiger partial charge in [-0.05, 0) is 56.0 Å². The second-order valence-electron chi connectivity index (χ2n) is 5.68. The third-order valence-electron chi connectivity index (χ3n) is 2.88. The van der Waals surface area contributed by atoms with Crippen LogP contribution in [0.2, 0.25) is 0 Å². The standard InChI is InChI=1S/C13H17BrFNO2S/c1-13(2,3)18-12(17)16-7-4-5-9-8(6-7)10(15)11(14)19-9/h7H,4-6H2,1-3H3,(H,16,17). The van der Waals surface area contributed by atoms with Crippen molar-refractivity contribution in [3.05, 3.63) is 20.0 Å². The number of carbonyl (C=O) groups excluding carboxylic acids is 1. The van der Waals surface area contributed by atoms with Crippen molar-refractivity contribution in [3.63, 3.8) is 0 Å². The van der Waals surface area contributed by atoms with Crippen LogP contribution in [0.3, 0.4) is 0 Å². The maximum absolute atomic E-state index is 13.8. The molecule has 3 nitrogen and oxygen atoms in total. The zero-order valence-corrected chi connectivity index (χ0v) is 13.6. The van der Waals surface area contributed by atoms with Gasteiger partial charge in [0, 0.05) is 16.5 Å². The highest BCUT2D eigenvalue weighted by molar-refractivity contribution is 9.11. The number of alkyl carbamates (subject to hydrolysis) is 1. The van der Waals surface area contributed by atoms with E-state index in [1.807, 2.05) is 20.8 Å². The largest absolute Gasteiger partial charge is 0.444 e. The molecule has 1 N–H and O–H groups in total. The van der Waals surface area contributed by atoms with Crippen LogP contribution in [0.15, 0.2) is 3.79 Å². The number of ether oxygens (including phenoxy) is 1. The zero-order valence-electron chi connectivity index (χ0n) is 11.2. The third-order valence-corrected chi connectivity index (χ3v) is 4.77. The molecule has 1 aromatic heterocycles. The fraction of sp³-hybridized carbons (Fsp3) is 0.615. The van der Waals surface area contributed by atoms with Crippen molar-refractivity contribution in [2.45, 2.75) is 51.7 Å². The van der Waals surface area contributed by atoms with Crippen molar-refractivity contribution in [2.24, 2.45) is 0 Å². The van der Waals surface area contributed by atoms with Gasteiger partial charge in [-0.3, -0.25) is 0 Å². The highest BCUT2D eigenvalue weighted by Crippen LogP contribution is 2.36. The Kier molecular flexibility index (Phi) is 4.20. The Morgan fingerprint density at radius 2 is 2.21 bits per heavy atom. The van der Waals surface area contributed by atoms with E-state index in [1.165, 1.54) is 11.3 Å². The summed E-state index contributed by atoms with van der Waals surface area (Å²) in [5.41, 5.74) is 0.213. The summed E-state index contributed by atoms with van der Waals surface area (Å²) < 4.78 is 19.6. The van der Waals surface area contributed by atoms with Gasteiger partial charge in [0.1, 0.15) is 9.39 Å². The molecule has 0 radical (unpaired) electrons. The van der Waals surface area contributed by atoms with Crippen LogP contribution < -0.4 is 5.32 Å². The monoisotopic (exact) mass is 349 g/mol. The van der Waals surface area contributed by atoms with E-state index in [2.05, 4.69) is 21.2 Å². The SMILES string of the molecule is CC(C)(C)OC(=O)NC1CCc2sc(Br)c(F)c2C1. The molecule has 0 bridgehead atoms. The predicted molar refractivity (Wildman–Crippen MR) is 77.2 cm³/mol. The second kappa shape index (κ2) is 5.40. The molecular formula is C13H17BrFNO2S. The number of nitrogens with one attached hydrogen (secondary N) is 1. The summed E-state index contributed by atoms with van der Waals surface area (Å²) in [4.78, 5) is 12.8. The molecule has 19 heavy (non-hydrogen) atoms. The lowest BCUT2D eigenvalue weighted by molar-refractivity contribution is 0.0500. The summed E-state index contributed by atoms with van der Waals surface area (Å²) in [5, 5.41) is 2.81. The van der Waals surface area contributed by atoms with E-state index in [-0.39, 0.29) is 11.9 Å². The highest BCUT2D eigenvalue weighted by Gasteiger charge is 2.27. The van der Waals surface area contributed by atoms with E-state index in [0.29, 0.717) is 10.2 Å². The molecule has 1 aliphatic carbocycles. The van der Waals surface area contributed by atoms with Gasteiger partial charge < -0.3 is 10.1 Å². The van der Waals surface area contributed by atoms with Gasteiger partial charge in [0.2, 0.25) is 0 Å². The van der Waals surface area contributed by atoms with E-state index in [4.69, 9.17) is 4.74 Å². The molecular weight excluding hydrogens is 333 g/mol. The molecule has 0 saturated heterocycles. The Balaban J connectivity index is 1.99. The molecule has 1 amide bonds. The maximum Gasteiger partial charge on any atom is 0.407 e. The normalized spacial score (nSPS) is 18.9. The summed E-state index contributed by atoms with van der Waals surface area (Å²) in [6.45, 7) is 5.46. The lowest BCUT2D eigenvalue weighted by Crippen LogP contribution is -2.41. The zero-order chi connectivity index (χ0) is 14.2. The van der Waals surface area contributed by atoms with Crippen molar-refractivity contribution in [3.8, 4) is 0 Å². The number of aryl methyl sites for hydroxylation is 1. The number of amides is 1. The van der Waals surface area contributed by atoms with Gasteiger partial charge in [-0.2, -0.15) is 0 Å². The number of halogens is 2. The van der Waals surface area contributed by atoms with E-state index >= 15 is 0 Å². The number of hydrogen-bond acceptors (Lipinski definition) is 3. The first-order chi connectivity index (χ1) is 8.76. The van der Waals surface area contributed by atoms with Crippen LogP contribution in [0.25, 0.3) is 0 Å². The highest BCUT2D eigenvalue weighted by atomic mass is 79.9. The molecule has 2 rings (SSSR count). The van der Waals surface area contributed by atoms with Crippen LogP contribution in [0.1, 0.15) is 37.6 Å². The number of fused-ring (bicyclic) bond motifs is 1. The van der Waals surface area contributed by atoms with E-state index in [9.17, 15) is 9.18 Å². The Morgan fingerprint density at radius 3 is 2.84 bits per heavy atom. The number of rotatable bonds is 1. The molecule has 0 aliphatic heterocycles. The Hall–Kier alpha value is -0.620. The minimum absolute atomic E-state index is 0.0571. The molecule has 1 aromatic rings. The van der Waals surface area contributed by atoms with Crippen molar-refractivity contribution in [2.75, 3.05) is 0 Å². The summed E-state index contributed by atoms with van der Waals surface area (Å²) in [7, 11) is 0. The fourth-order valence-electron chi connectivity index (χ4n) is 2.11. The van der Waals surface area contributed by atoms with Gasteiger partial charge in [0.15, 0.2) is 5.82 Å². The van der Waals surface area contributed by atoms with Gasteiger partial charge in [-0.15, -0.1) is 11.3 Å². The molecule has 0 fully saturated rings. The first kappa shape index (κ1) is 14.8. The topological polar surface area (TPSA) is 38.3 Å². The maximum atomic E-state index is 13.8. The van der Waals surface area contributed by atoms with Crippen LogP contribution in [0.4, 0.5) is 9.18 Å².